The van der Waals surface area contributed by atoms with Gasteiger partial charge >= 0.3 is 5.97 Å². The molecule has 2 atom stereocenters. The number of nitrogens with zero attached hydrogens (tertiary/aromatic N) is 2. The first-order chi connectivity index (χ1) is 17.5. The van der Waals surface area contributed by atoms with Crippen molar-refractivity contribution in [3.63, 3.8) is 0 Å². The number of hydrogen-bond donors (Lipinski definition) is 0. The highest BCUT2D eigenvalue weighted by molar-refractivity contribution is 8.14. The highest BCUT2D eigenvalue weighted by atomic mass is 32.2. The first-order valence-corrected chi connectivity index (χ1v) is 13.0. The number of hydrogen-bond acceptors (Lipinski definition) is 8. The molecule has 8 nitrogen and oxygen atoms in total. The van der Waals surface area contributed by atoms with Crippen molar-refractivity contribution in [3.05, 3.63) is 48.5 Å². The maximum absolute atomic E-state index is 14.0. The second kappa shape index (κ2) is 13.4. The molecule has 0 aliphatic rings. The standard InChI is InChI=1S/C28H38N2O6S/c1-9-29(20-11-15-22(34-7)16-12-20)25(27(33)37-28(4,5)6)24(26(32)36-10-2)30(19(3)31)21-13-17-23(35-8)18-14-21/h11-18,24-25H,9-10H2,1-8H3. The molecule has 2 unspecified atom stereocenters. The van der Waals surface area contributed by atoms with Crippen LogP contribution in [0.3, 0.4) is 0 Å². The Kier molecular flexibility index (Phi) is 10.9. The van der Waals surface area contributed by atoms with Crippen molar-refractivity contribution in [2.24, 2.45) is 0 Å². The zero-order chi connectivity index (χ0) is 27.8. The highest BCUT2D eigenvalue weighted by Crippen LogP contribution is 2.34. The summed E-state index contributed by atoms with van der Waals surface area (Å²) in [5.41, 5.74) is 1.17. The first kappa shape index (κ1) is 30.0. The molecule has 2 aromatic carbocycles. The van der Waals surface area contributed by atoms with Crippen molar-refractivity contribution in [2.45, 2.75) is 58.4 Å². The Balaban J connectivity index is 2.76. The van der Waals surface area contributed by atoms with Gasteiger partial charge in [0.25, 0.3) is 0 Å². The summed E-state index contributed by atoms with van der Waals surface area (Å²) in [5.74, 6) is 0.211. The first-order valence-electron chi connectivity index (χ1n) is 12.2. The van der Waals surface area contributed by atoms with Crippen LogP contribution in [0.15, 0.2) is 48.5 Å². The molecule has 1 amide bonds. The molecule has 9 heteroatoms. The van der Waals surface area contributed by atoms with Crippen LogP contribution in [-0.4, -0.2) is 61.2 Å². The number of methoxy groups -OCH3 is 2. The molecule has 0 saturated carbocycles. The third-order valence-corrected chi connectivity index (χ3v) is 6.58. The minimum absolute atomic E-state index is 0.103. The number of ether oxygens (including phenoxy) is 3. The third-order valence-electron chi connectivity index (χ3n) is 5.52. The molecular weight excluding hydrogens is 492 g/mol. The van der Waals surface area contributed by atoms with Crippen LogP contribution in [-0.2, 0) is 19.1 Å². The van der Waals surface area contributed by atoms with E-state index in [0.29, 0.717) is 29.4 Å². The number of carbonyl (C=O) groups excluding carboxylic acids is 3. The third kappa shape index (κ3) is 7.89. The highest BCUT2D eigenvalue weighted by Gasteiger charge is 2.45. The number of amides is 1. The van der Waals surface area contributed by atoms with E-state index in [4.69, 9.17) is 14.2 Å². The fourth-order valence-electron chi connectivity index (χ4n) is 3.99. The van der Waals surface area contributed by atoms with Crippen molar-refractivity contribution in [2.75, 3.05) is 37.2 Å². The van der Waals surface area contributed by atoms with E-state index in [1.165, 1.54) is 11.8 Å². The van der Waals surface area contributed by atoms with Gasteiger partial charge in [0.1, 0.15) is 17.5 Å². The van der Waals surface area contributed by atoms with Gasteiger partial charge < -0.3 is 19.1 Å². The van der Waals surface area contributed by atoms with E-state index in [1.807, 2.05) is 44.7 Å². The van der Waals surface area contributed by atoms with Crippen molar-refractivity contribution in [1.82, 2.24) is 0 Å². The van der Waals surface area contributed by atoms with Crippen LogP contribution in [0, 0.1) is 0 Å². The van der Waals surface area contributed by atoms with Gasteiger partial charge in [-0.15, -0.1) is 0 Å². The van der Waals surface area contributed by atoms with Gasteiger partial charge in [-0.2, -0.15) is 0 Å². The smallest absolute Gasteiger partial charge is 0.331 e. The van der Waals surface area contributed by atoms with Crippen molar-refractivity contribution in [3.8, 4) is 11.5 Å². The average Bonchev–Trinajstić information content (AvgIpc) is 2.85. The van der Waals surface area contributed by atoms with E-state index >= 15 is 0 Å². The summed E-state index contributed by atoms with van der Waals surface area (Å²) in [6.45, 7) is 11.3. The van der Waals surface area contributed by atoms with E-state index in [9.17, 15) is 14.4 Å². The van der Waals surface area contributed by atoms with Gasteiger partial charge in [-0.25, -0.2) is 4.79 Å². The van der Waals surface area contributed by atoms with E-state index < -0.39 is 28.7 Å². The van der Waals surface area contributed by atoms with Gasteiger partial charge in [0, 0.05) is 29.6 Å². The molecule has 0 spiro atoms. The minimum atomic E-state index is -1.24. The lowest BCUT2D eigenvalue weighted by Crippen LogP contribution is -2.61. The topological polar surface area (TPSA) is 85.4 Å². The Morgan fingerprint density at radius 1 is 0.838 bits per heavy atom. The second-order valence-electron chi connectivity index (χ2n) is 9.25. The number of carbonyl (C=O) groups is 3. The fourth-order valence-corrected chi connectivity index (χ4v) is 4.97. The van der Waals surface area contributed by atoms with E-state index in [0.717, 1.165) is 11.8 Å². The van der Waals surface area contributed by atoms with Gasteiger partial charge in [-0.1, -0.05) is 32.5 Å². The number of anilines is 2. The molecule has 0 aliphatic heterocycles. The molecule has 0 radical (unpaired) electrons. The van der Waals surface area contributed by atoms with Crippen LogP contribution >= 0.6 is 11.8 Å². The van der Waals surface area contributed by atoms with Crippen LogP contribution in [0.4, 0.5) is 11.4 Å². The molecule has 0 fully saturated rings. The molecule has 0 saturated heterocycles. The lowest BCUT2D eigenvalue weighted by Gasteiger charge is -2.41. The summed E-state index contributed by atoms with van der Waals surface area (Å²) in [4.78, 5) is 43.9. The maximum Gasteiger partial charge on any atom is 0.331 e. The van der Waals surface area contributed by atoms with E-state index in [-0.39, 0.29) is 11.7 Å². The predicted molar refractivity (Wildman–Crippen MR) is 149 cm³/mol. The fraction of sp³-hybridized carbons (Fsp3) is 0.464. The summed E-state index contributed by atoms with van der Waals surface area (Å²) < 4.78 is 15.6. The van der Waals surface area contributed by atoms with Crippen LogP contribution < -0.4 is 19.3 Å². The van der Waals surface area contributed by atoms with Gasteiger partial charge in [-0.3, -0.25) is 14.5 Å². The summed E-state index contributed by atoms with van der Waals surface area (Å²) in [6, 6.07) is 11.8. The quantitative estimate of drug-likeness (QED) is 0.378. The molecular formula is C28H38N2O6S. The SMILES string of the molecule is CCOC(=O)C(C(C(=O)SC(C)(C)C)N(CC)c1ccc(OC)cc1)N(C(C)=O)c1ccc(OC)cc1. The molecule has 0 heterocycles. The molecule has 0 bridgehead atoms. The average molecular weight is 531 g/mol. The second-order valence-corrected chi connectivity index (χ2v) is 11.1. The van der Waals surface area contributed by atoms with Crippen LogP contribution in [0.25, 0.3) is 0 Å². The minimum Gasteiger partial charge on any atom is -0.497 e. The van der Waals surface area contributed by atoms with Crippen LogP contribution in [0.1, 0.15) is 41.5 Å². The maximum atomic E-state index is 14.0. The largest absolute Gasteiger partial charge is 0.497 e. The van der Waals surface area contributed by atoms with Crippen molar-refractivity contribution in [1.29, 1.82) is 0 Å². The number of rotatable bonds is 11. The van der Waals surface area contributed by atoms with E-state index in [2.05, 4.69) is 0 Å². The Labute approximate surface area is 224 Å². The monoisotopic (exact) mass is 530 g/mol. The normalized spacial score (nSPS) is 12.8. The van der Waals surface area contributed by atoms with Gasteiger partial charge in [0.05, 0.1) is 20.8 Å². The van der Waals surface area contributed by atoms with Crippen molar-refractivity contribution < 1.29 is 28.6 Å². The molecule has 202 valence electrons. The number of benzene rings is 2. The molecule has 0 aromatic heterocycles. The Hall–Kier alpha value is -3.20. The van der Waals surface area contributed by atoms with Gasteiger partial charge in [0.15, 0.2) is 6.04 Å². The Morgan fingerprint density at radius 3 is 1.70 bits per heavy atom. The molecule has 0 aliphatic carbocycles. The van der Waals surface area contributed by atoms with Crippen LogP contribution in [0.5, 0.6) is 11.5 Å². The predicted octanol–water partition coefficient (Wildman–Crippen LogP) is 4.94. The number of likely N-dealkylation sites (N-methyl/N-ethyl adjacent to an activating group) is 1. The molecule has 2 aromatic rings. The van der Waals surface area contributed by atoms with Gasteiger partial charge in [-0.05, 0) is 62.4 Å². The molecule has 0 N–H and O–H groups in total. The zero-order valence-electron chi connectivity index (χ0n) is 22.9. The Bertz CT molecular complexity index is 1050. The molecule has 37 heavy (non-hydrogen) atoms. The molecule has 2 rings (SSSR count). The summed E-state index contributed by atoms with van der Waals surface area (Å²) in [7, 11) is 3.13. The van der Waals surface area contributed by atoms with Gasteiger partial charge in [0.2, 0.25) is 11.0 Å². The lowest BCUT2D eigenvalue weighted by molar-refractivity contribution is -0.147. The number of thioether (sulfide) groups is 1. The van der Waals surface area contributed by atoms with Crippen molar-refractivity contribution >= 4 is 40.1 Å². The lowest BCUT2D eigenvalue weighted by atomic mass is 10.0. The Morgan fingerprint density at radius 2 is 1.32 bits per heavy atom. The summed E-state index contributed by atoms with van der Waals surface area (Å²) in [5, 5.41) is -0.247. The zero-order valence-corrected chi connectivity index (χ0v) is 23.8. The summed E-state index contributed by atoms with van der Waals surface area (Å²) in [6.07, 6.45) is 0. The van der Waals surface area contributed by atoms with Crippen LogP contribution in [0.2, 0.25) is 0 Å². The summed E-state index contributed by atoms with van der Waals surface area (Å²) >= 11 is 1.13. The number of esters is 1. The van der Waals surface area contributed by atoms with E-state index in [1.54, 1.807) is 57.5 Å².